The van der Waals surface area contributed by atoms with Crippen molar-refractivity contribution in [1.82, 2.24) is 0 Å². The van der Waals surface area contributed by atoms with Crippen molar-refractivity contribution in [2.75, 3.05) is 0 Å². The van der Waals surface area contributed by atoms with Crippen LogP contribution >= 0.6 is 15.9 Å². The number of Topliss-reactive ketones (excluding diaryl/α,β-unsaturated/α-hetero) is 1. The summed E-state index contributed by atoms with van der Waals surface area (Å²) < 4.78 is 18.8. The van der Waals surface area contributed by atoms with Crippen LogP contribution in [0.3, 0.4) is 0 Å². The summed E-state index contributed by atoms with van der Waals surface area (Å²) in [4.78, 5) is 25.8. The average Bonchev–Trinajstić information content (AvgIpc) is 3.07. The van der Waals surface area contributed by atoms with E-state index in [2.05, 4.69) is 22.9 Å². The van der Waals surface area contributed by atoms with E-state index in [1.807, 2.05) is 30.3 Å². The van der Waals surface area contributed by atoms with Crippen LogP contribution in [0.15, 0.2) is 59.1 Å². The zero-order chi connectivity index (χ0) is 22.0. The van der Waals surface area contributed by atoms with Gasteiger partial charge in [-0.25, -0.2) is 4.79 Å². The van der Waals surface area contributed by atoms with Crippen molar-refractivity contribution in [1.29, 1.82) is 0 Å². The second kappa shape index (κ2) is 7.29. The minimum absolute atomic E-state index is 0.131. The van der Waals surface area contributed by atoms with Gasteiger partial charge in [-0.2, -0.15) is 0 Å². The molecule has 0 saturated carbocycles. The number of hydrogen-bond acceptors (Lipinski definition) is 5. The van der Waals surface area contributed by atoms with Gasteiger partial charge in [-0.1, -0.05) is 37.3 Å². The Morgan fingerprint density at radius 2 is 1.88 bits per heavy atom. The summed E-state index contributed by atoms with van der Waals surface area (Å²) in [6.45, 7) is 2.10. The van der Waals surface area contributed by atoms with Gasteiger partial charge in [0.25, 0.3) is 0 Å². The first-order valence-corrected chi connectivity index (χ1v) is 11.4. The molecule has 3 aromatic carbocycles. The first-order valence-electron chi connectivity index (χ1n) is 10.6. The molecule has 0 unspecified atom stereocenters. The lowest BCUT2D eigenvalue weighted by Gasteiger charge is -2.30. The van der Waals surface area contributed by atoms with Crippen LogP contribution in [0.1, 0.15) is 68.7 Å². The highest BCUT2D eigenvalue weighted by molar-refractivity contribution is 9.10. The van der Waals surface area contributed by atoms with Crippen LogP contribution in [0.4, 0.5) is 0 Å². The number of halogens is 1. The molecule has 0 radical (unpaired) electrons. The van der Waals surface area contributed by atoms with Crippen molar-refractivity contribution in [3.05, 3.63) is 92.5 Å². The highest BCUT2D eigenvalue weighted by Crippen LogP contribution is 2.55. The normalized spacial score (nSPS) is 22.4. The van der Waals surface area contributed by atoms with Crippen molar-refractivity contribution >= 4 is 27.7 Å². The predicted molar refractivity (Wildman–Crippen MR) is 120 cm³/mol. The largest absolute Gasteiger partial charge is 0.460 e. The van der Waals surface area contributed by atoms with Crippen molar-refractivity contribution in [2.24, 2.45) is 5.92 Å². The second-order valence-corrected chi connectivity index (χ2v) is 9.40. The Bertz CT molecular complexity index is 1300. The first-order chi connectivity index (χ1) is 15.5. The molecule has 2 aliphatic heterocycles. The third kappa shape index (κ3) is 2.93. The third-order valence-corrected chi connectivity index (χ3v) is 7.03. The minimum Gasteiger partial charge on any atom is -0.460 e. The molecular weight excluding hydrogens is 472 g/mol. The number of carbonyl (C=O) groups is 2. The summed E-state index contributed by atoms with van der Waals surface area (Å²) in [5, 5.41) is 0. The fraction of sp³-hybridized carbons (Fsp3) is 0.231. The third-order valence-electron chi connectivity index (χ3n) is 6.34. The molecule has 3 atom stereocenters. The molecule has 6 rings (SSSR count). The number of carbonyl (C=O) groups excluding carboxylic acids is 2. The molecule has 5 nitrogen and oxygen atoms in total. The molecule has 160 valence electrons. The molecular formula is C26H19BrO5. The molecule has 6 heteroatoms. The maximum Gasteiger partial charge on any atom is 0.344 e. The summed E-state index contributed by atoms with van der Waals surface area (Å²) in [6.07, 6.45) is 0.270. The number of rotatable bonds is 2. The molecule has 0 saturated heterocycles. The van der Waals surface area contributed by atoms with Gasteiger partial charge in [0.1, 0.15) is 17.6 Å². The van der Waals surface area contributed by atoms with Crippen LogP contribution in [-0.2, 0) is 11.2 Å². The molecule has 0 aromatic heterocycles. The molecule has 0 N–H and O–H groups in total. The smallest absolute Gasteiger partial charge is 0.344 e. The lowest BCUT2D eigenvalue weighted by Crippen LogP contribution is -2.24. The zero-order valence-electron chi connectivity index (χ0n) is 17.3. The van der Waals surface area contributed by atoms with E-state index < -0.39 is 18.4 Å². The summed E-state index contributed by atoms with van der Waals surface area (Å²) in [6, 6.07) is 16.6. The first kappa shape index (κ1) is 19.7. The highest BCUT2D eigenvalue weighted by atomic mass is 79.9. The Balaban J connectivity index is 1.42. The number of esters is 1. The van der Waals surface area contributed by atoms with E-state index in [0.717, 1.165) is 28.7 Å². The van der Waals surface area contributed by atoms with Crippen molar-refractivity contribution in [3.63, 3.8) is 0 Å². The van der Waals surface area contributed by atoms with E-state index in [4.69, 9.17) is 14.2 Å². The Morgan fingerprint density at radius 1 is 1.03 bits per heavy atom. The van der Waals surface area contributed by atoms with Crippen LogP contribution in [0.25, 0.3) is 0 Å². The van der Waals surface area contributed by atoms with Crippen LogP contribution in [0.5, 0.6) is 11.5 Å². The van der Waals surface area contributed by atoms with E-state index in [0.29, 0.717) is 39.4 Å². The summed E-state index contributed by atoms with van der Waals surface area (Å²) in [7, 11) is 0. The molecule has 3 aliphatic rings. The number of ether oxygens (including phenoxy) is 3. The van der Waals surface area contributed by atoms with Gasteiger partial charge in [0.05, 0.1) is 11.1 Å². The minimum atomic E-state index is -0.693. The molecule has 2 bridgehead atoms. The van der Waals surface area contributed by atoms with Gasteiger partial charge in [0, 0.05) is 22.0 Å². The monoisotopic (exact) mass is 490 g/mol. The summed E-state index contributed by atoms with van der Waals surface area (Å²) in [5.41, 5.74) is 4.56. The number of ketones is 1. The summed E-state index contributed by atoms with van der Waals surface area (Å²) >= 11 is 3.40. The van der Waals surface area contributed by atoms with Gasteiger partial charge in [0.15, 0.2) is 5.78 Å². The van der Waals surface area contributed by atoms with Crippen molar-refractivity contribution in [2.45, 2.75) is 32.2 Å². The average molecular weight is 491 g/mol. The fourth-order valence-electron chi connectivity index (χ4n) is 4.98. The Hall–Kier alpha value is -2.96. The molecule has 2 heterocycles. The number of fused-ring (bicyclic) bond motifs is 9. The maximum atomic E-state index is 13.0. The van der Waals surface area contributed by atoms with Crippen LogP contribution in [0, 0.1) is 5.92 Å². The summed E-state index contributed by atoms with van der Waals surface area (Å²) in [5.74, 6) is 1.05. The Labute approximate surface area is 193 Å². The SMILES string of the molecule is C[C@@H]1CC(=O)c2c(ccc3c2[C@H]2O[C@@H](O3)c3c(OC(=O)c4ccccc4Br)cccc32)C1. The lowest BCUT2D eigenvalue weighted by molar-refractivity contribution is -0.110. The van der Waals surface area contributed by atoms with E-state index in [1.54, 1.807) is 24.3 Å². The number of benzene rings is 3. The topological polar surface area (TPSA) is 61.8 Å². The molecule has 3 aromatic rings. The van der Waals surface area contributed by atoms with E-state index in [9.17, 15) is 9.59 Å². The molecule has 32 heavy (non-hydrogen) atoms. The standard InChI is InChI=1S/C26H19BrO5/c1-13-11-14-9-10-20-23(21(14)18(28)12-13)24-16-6-4-8-19(22(16)26(31-20)32-24)30-25(29)15-5-2-3-7-17(15)27/h2-10,13,24,26H,11-12H2,1H3/t13-,24-,26+/m0/s1. The highest BCUT2D eigenvalue weighted by Gasteiger charge is 2.45. The Kier molecular flexibility index (Phi) is 4.49. The maximum absolute atomic E-state index is 13.0. The van der Waals surface area contributed by atoms with Gasteiger partial charge in [-0.15, -0.1) is 0 Å². The van der Waals surface area contributed by atoms with E-state index in [1.165, 1.54) is 0 Å². The zero-order valence-corrected chi connectivity index (χ0v) is 18.8. The van der Waals surface area contributed by atoms with Crippen LogP contribution < -0.4 is 9.47 Å². The van der Waals surface area contributed by atoms with Crippen molar-refractivity contribution < 1.29 is 23.8 Å². The quantitative estimate of drug-likeness (QED) is 0.328. The fourth-order valence-corrected chi connectivity index (χ4v) is 5.42. The number of hydrogen-bond donors (Lipinski definition) is 0. The predicted octanol–water partition coefficient (Wildman–Crippen LogP) is 5.94. The van der Waals surface area contributed by atoms with Gasteiger partial charge in [-0.05, 0) is 63.7 Å². The van der Waals surface area contributed by atoms with Gasteiger partial charge in [0.2, 0.25) is 6.29 Å². The van der Waals surface area contributed by atoms with E-state index in [-0.39, 0.29) is 5.78 Å². The lowest BCUT2D eigenvalue weighted by atomic mass is 9.79. The molecule has 0 fully saturated rings. The molecule has 1 aliphatic carbocycles. The van der Waals surface area contributed by atoms with Gasteiger partial charge >= 0.3 is 5.97 Å². The Morgan fingerprint density at radius 3 is 2.72 bits per heavy atom. The second-order valence-electron chi connectivity index (χ2n) is 8.54. The van der Waals surface area contributed by atoms with E-state index >= 15 is 0 Å². The van der Waals surface area contributed by atoms with Gasteiger partial charge < -0.3 is 14.2 Å². The molecule has 0 amide bonds. The van der Waals surface area contributed by atoms with Crippen LogP contribution in [-0.4, -0.2) is 11.8 Å². The van der Waals surface area contributed by atoms with Gasteiger partial charge in [-0.3, -0.25) is 4.79 Å². The van der Waals surface area contributed by atoms with Crippen molar-refractivity contribution in [3.8, 4) is 11.5 Å². The molecule has 0 spiro atoms. The van der Waals surface area contributed by atoms with Crippen LogP contribution in [0.2, 0.25) is 0 Å².